The number of hydrogen-bond acceptors (Lipinski definition) is 4. The highest BCUT2D eigenvalue weighted by molar-refractivity contribution is 5.80. The van der Waals surface area contributed by atoms with Crippen molar-refractivity contribution in [2.24, 2.45) is 4.99 Å². The summed E-state index contributed by atoms with van der Waals surface area (Å²) < 4.78 is 11.4. The number of benzene rings is 1. The molecule has 0 aromatic heterocycles. The molecule has 6 nitrogen and oxygen atoms in total. The number of aliphatic imine (C=N–C) groups is 1. The number of hydrogen-bond donors (Lipinski definition) is 2. The van der Waals surface area contributed by atoms with Gasteiger partial charge in [0.1, 0.15) is 6.10 Å². The lowest BCUT2D eigenvalue weighted by molar-refractivity contribution is 0.0526. The summed E-state index contributed by atoms with van der Waals surface area (Å²) in [6.07, 6.45) is 6.38. The first-order valence-corrected chi connectivity index (χ1v) is 10.7. The zero-order valence-electron chi connectivity index (χ0n) is 17.8. The Morgan fingerprint density at radius 1 is 1.21 bits per heavy atom. The van der Waals surface area contributed by atoms with Crippen LogP contribution in [0.2, 0.25) is 0 Å². The molecular formula is C22H36N4O2. The fraction of sp³-hybridized carbons (Fsp3) is 0.682. The molecule has 0 radical (unpaired) electrons. The zero-order valence-corrected chi connectivity index (χ0v) is 17.8. The summed E-state index contributed by atoms with van der Waals surface area (Å²) >= 11 is 0. The molecule has 2 aliphatic heterocycles. The van der Waals surface area contributed by atoms with Crippen LogP contribution in [0.4, 0.5) is 0 Å². The van der Waals surface area contributed by atoms with Crippen LogP contribution in [0.25, 0.3) is 0 Å². The molecule has 6 heteroatoms. The minimum atomic E-state index is -0.0383. The lowest BCUT2D eigenvalue weighted by Crippen LogP contribution is -2.56. The molecule has 2 bridgehead atoms. The van der Waals surface area contributed by atoms with Crippen molar-refractivity contribution in [2.45, 2.75) is 70.2 Å². The van der Waals surface area contributed by atoms with Gasteiger partial charge in [-0.1, -0.05) is 18.6 Å². The summed E-state index contributed by atoms with van der Waals surface area (Å²) in [4.78, 5) is 7.38. The molecule has 2 aliphatic rings. The second kappa shape index (κ2) is 10.0. The smallest absolute Gasteiger partial charge is 0.191 e. The standard InChI is InChI=1S/C22H36N4O2/c1-5-23-22(25-17-13-18-9-8-10-19(14-17)26(18)3)24-15-16(2)28-21-12-7-6-11-20(21)27-4/h6-7,11-12,16-19H,5,8-10,13-15H2,1-4H3,(H2,23,24,25). The highest BCUT2D eigenvalue weighted by Crippen LogP contribution is 2.32. The zero-order chi connectivity index (χ0) is 19.9. The molecule has 0 amide bonds. The van der Waals surface area contributed by atoms with Crippen molar-refractivity contribution in [2.75, 3.05) is 27.2 Å². The van der Waals surface area contributed by atoms with Gasteiger partial charge in [-0.3, -0.25) is 0 Å². The molecule has 1 aromatic carbocycles. The first-order valence-electron chi connectivity index (χ1n) is 10.7. The molecule has 0 aliphatic carbocycles. The number of para-hydroxylation sites is 2. The number of piperidine rings is 2. The minimum Gasteiger partial charge on any atom is -0.493 e. The van der Waals surface area contributed by atoms with Crippen molar-refractivity contribution in [3.63, 3.8) is 0 Å². The molecule has 2 heterocycles. The summed E-state index contributed by atoms with van der Waals surface area (Å²) in [6, 6.07) is 9.65. The van der Waals surface area contributed by atoms with Crippen LogP contribution < -0.4 is 20.1 Å². The van der Waals surface area contributed by atoms with Crippen molar-refractivity contribution in [3.8, 4) is 11.5 Å². The van der Waals surface area contributed by atoms with Crippen LogP contribution in [0.5, 0.6) is 11.5 Å². The van der Waals surface area contributed by atoms with Gasteiger partial charge < -0.3 is 25.0 Å². The Morgan fingerprint density at radius 3 is 2.54 bits per heavy atom. The van der Waals surface area contributed by atoms with E-state index in [1.165, 1.54) is 32.1 Å². The van der Waals surface area contributed by atoms with Gasteiger partial charge in [-0.15, -0.1) is 0 Å². The predicted molar refractivity (Wildman–Crippen MR) is 114 cm³/mol. The first kappa shape index (κ1) is 20.8. The van der Waals surface area contributed by atoms with E-state index >= 15 is 0 Å². The van der Waals surface area contributed by atoms with Crippen LogP contribution in [0.15, 0.2) is 29.3 Å². The monoisotopic (exact) mass is 388 g/mol. The van der Waals surface area contributed by atoms with Crippen LogP contribution in [-0.4, -0.2) is 62.3 Å². The average molecular weight is 389 g/mol. The van der Waals surface area contributed by atoms with Gasteiger partial charge >= 0.3 is 0 Å². The van der Waals surface area contributed by atoms with Crippen LogP contribution in [0.3, 0.4) is 0 Å². The molecule has 0 spiro atoms. The third-order valence-electron chi connectivity index (χ3n) is 5.93. The molecule has 28 heavy (non-hydrogen) atoms. The maximum atomic E-state index is 6.04. The maximum Gasteiger partial charge on any atom is 0.191 e. The second-order valence-corrected chi connectivity index (χ2v) is 8.02. The summed E-state index contributed by atoms with van der Waals surface area (Å²) in [6.45, 7) is 5.59. The highest BCUT2D eigenvalue weighted by atomic mass is 16.5. The summed E-state index contributed by atoms with van der Waals surface area (Å²) in [5, 5.41) is 7.07. The van der Waals surface area contributed by atoms with Gasteiger partial charge in [0.25, 0.3) is 0 Å². The number of nitrogens with zero attached hydrogens (tertiary/aromatic N) is 2. The lowest BCUT2D eigenvalue weighted by atomic mass is 9.82. The fourth-order valence-electron chi connectivity index (χ4n) is 4.44. The van der Waals surface area contributed by atoms with Gasteiger partial charge in [0.15, 0.2) is 17.5 Å². The molecule has 3 unspecified atom stereocenters. The normalized spacial score (nSPS) is 26.4. The van der Waals surface area contributed by atoms with E-state index in [1.807, 2.05) is 31.2 Å². The van der Waals surface area contributed by atoms with Gasteiger partial charge in [-0.2, -0.15) is 0 Å². The Morgan fingerprint density at radius 2 is 1.89 bits per heavy atom. The molecule has 2 saturated heterocycles. The van der Waals surface area contributed by atoms with E-state index in [4.69, 9.17) is 14.5 Å². The molecule has 0 saturated carbocycles. The van der Waals surface area contributed by atoms with Gasteiger partial charge in [0.05, 0.1) is 13.7 Å². The van der Waals surface area contributed by atoms with E-state index in [1.54, 1.807) is 7.11 Å². The van der Waals surface area contributed by atoms with E-state index in [-0.39, 0.29) is 6.10 Å². The van der Waals surface area contributed by atoms with Gasteiger partial charge in [-0.25, -0.2) is 4.99 Å². The molecule has 2 N–H and O–H groups in total. The Balaban J connectivity index is 1.56. The van der Waals surface area contributed by atoms with E-state index in [0.717, 1.165) is 24.0 Å². The van der Waals surface area contributed by atoms with Crippen LogP contribution in [-0.2, 0) is 0 Å². The summed E-state index contributed by atoms with van der Waals surface area (Å²) in [7, 11) is 3.95. The van der Waals surface area contributed by atoms with Gasteiger partial charge in [0.2, 0.25) is 0 Å². The molecule has 156 valence electrons. The Kier molecular flexibility index (Phi) is 7.43. The summed E-state index contributed by atoms with van der Waals surface area (Å²) in [5.41, 5.74) is 0. The quantitative estimate of drug-likeness (QED) is 0.555. The van der Waals surface area contributed by atoms with E-state index in [2.05, 4.69) is 29.5 Å². The van der Waals surface area contributed by atoms with Crippen molar-refractivity contribution in [1.29, 1.82) is 0 Å². The maximum absolute atomic E-state index is 6.04. The largest absolute Gasteiger partial charge is 0.493 e. The first-order chi connectivity index (χ1) is 13.6. The lowest BCUT2D eigenvalue weighted by Gasteiger charge is -2.47. The Labute approximate surface area is 169 Å². The van der Waals surface area contributed by atoms with Crippen LogP contribution in [0, 0.1) is 0 Å². The number of fused-ring (bicyclic) bond motifs is 2. The van der Waals surface area contributed by atoms with Crippen molar-refractivity contribution < 1.29 is 9.47 Å². The molecule has 3 rings (SSSR count). The van der Waals surface area contributed by atoms with Crippen molar-refractivity contribution >= 4 is 5.96 Å². The van der Waals surface area contributed by atoms with Crippen LogP contribution in [0.1, 0.15) is 46.0 Å². The number of methoxy groups -OCH3 is 1. The molecule has 1 aromatic rings. The third kappa shape index (κ3) is 5.31. The second-order valence-electron chi connectivity index (χ2n) is 8.02. The third-order valence-corrected chi connectivity index (χ3v) is 5.93. The van der Waals surface area contributed by atoms with Crippen molar-refractivity contribution in [3.05, 3.63) is 24.3 Å². The number of guanidine groups is 1. The molecule has 3 atom stereocenters. The van der Waals surface area contributed by atoms with Crippen LogP contribution >= 0.6 is 0 Å². The average Bonchev–Trinajstić information content (AvgIpc) is 2.67. The highest BCUT2D eigenvalue weighted by Gasteiger charge is 2.36. The predicted octanol–water partition coefficient (Wildman–Crippen LogP) is 3.03. The Bertz CT molecular complexity index is 637. The molecular weight excluding hydrogens is 352 g/mol. The SMILES string of the molecule is CCNC(=NCC(C)Oc1ccccc1OC)NC1CC2CCCC(C1)N2C. The van der Waals surface area contributed by atoms with E-state index < -0.39 is 0 Å². The number of ether oxygens (including phenoxy) is 2. The Hall–Kier alpha value is -1.95. The van der Waals surface area contributed by atoms with E-state index in [9.17, 15) is 0 Å². The minimum absolute atomic E-state index is 0.0383. The fourth-order valence-corrected chi connectivity index (χ4v) is 4.44. The van der Waals surface area contributed by atoms with Gasteiger partial charge in [0, 0.05) is 24.7 Å². The molecule has 2 fully saturated rings. The summed E-state index contributed by atoms with van der Waals surface area (Å²) in [5.74, 6) is 2.40. The number of rotatable bonds is 7. The topological polar surface area (TPSA) is 58.1 Å². The van der Waals surface area contributed by atoms with E-state index in [0.29, 0.717) is 24.7 Å². The number of nitrogens with one attached hydrogen (secondary N) is 2. The van der Waals surface area contributed by atoms with Crippen molar-refractivity contribution in [1.82, 2.24) is 15.5 Å². The van der Waals surface area contributed by atoms with Gasteiger partial charge in [-0.05, 0) is 58.7 Å².